The molecule has 2 aliphatic rings. The minimum atomic E-state index is -0.661. The molecule has 0 spiro atoms. The number of fused-ring (bicyclic) bond motifs is 3. The van der Waals surface area contributed by atoms with E-state index in [1.54, 1.807) is 11.0 Å². The Hall–Kier alpha value is -2.70. The molecule has 2 aliphatic carbocycles. The average Bonchev–Trinajstić information content (AvgIpc) is 3.37. The third-order valence-electron chi connectivity index (χ3n) is 6.31. The number of aryl methyl sites for hydroxylation is 1. The Labute approximate surface area is 157 Å². The van der Waals surface area contributed by atoms with Crippen molar-refractivity contribution in [3.05, 3.63) is 41.9 Å². The number of aromatic nitrogens is 5. The fourth-order valence-corrected chi connectivity index (χ4v) is 4.91. The third kappa shape index (κ3) is 2.64. The van der Waals surface area contributed by atoms with Crippen LogP contribution in [0.25, 0.3) is 10.9 Å². The number of carbonyl (C=O) groups excluding carboxylic acids is 1. The van der Waals surface area contributed by atoms with Gasteiger partial charge in [-0.1, -0.05) is 37.5 Å². The summed E-state index contributed by atoms with van der Waals surface area (Å²) in [6.07, 6.45) is 9.46. The van der Waals surface area contributed by atoms with E-state index in [1.165, 1.54) is 16.6 Å². The van der Waals surface area contributed by atoms with Crippen LogP contribution in [0.3, 0.4) is 0 Å². The largest absolute Gasteiger partial charge is 0.356 e. The summed E-state index contributed by atoms with van der Waals surface area (Å²) in [7, 11) is 0. The fraction of sp³-hybridized carbons (Fsp3) is 0.500. The molecule has 5 rings (SSSR count). The summed E-state index contributed by atoms with van der Waals surface area (Å²) in [5.41, 5.74) is 3.00. The number of nitrogens with zero attached hydrogens (tertiary/aromatic N) is 4. The number of rotatable bonds is 3. The number of hydrogen-bond donors (Lipinski definition) is 2. The highest BCUT2D eigenvalue weighted by atomic mass is 16.2. The number of para-hydroxylation sites is 1. The number of H-pyrrole nitrogens is 1. The number of nitrogens with one attached hydrogen (secondary N) is 2. The van der Waals surface area contributed by atoms with E-state index in [-0.39, 0.29) is 11.9 Å². The summed E-state index contributed by atoms with van der Waals surface area (Å²) in [5.74, 6) is 0.0472. The Kier molecular flexibility index (Phi) is 3.95. The van der Waals surface area contributed by atoms with Crippen LogP contribution in [0.2, 0.25) is 0 Å². The van der Waals surface area contributed by atoms with Gasteiger partial charge in [-0.3, -0.25) is 4.79 Å². The van der Waals surface area contributed by atoms with Crippen LogP contribution in [-0.2, 0) is 16.8 Å². The highest BCUT2D eigenvalue weighted by Crippen LogP contribution is 2.38. The van der Waals surface area contributed by atoms with Crippen molar-refractivity contribution in [3.8, 4) is 0 Å². The van der Waals surface area contributed by atoms with Crippen molar-refractivity contribution in [1.82, 2.24) is 30.5 Å². The second-order valence-corrected chi connectivity index (χ2v) is 7.83. The maximum Gasteiger partial charge on any atom is 0.248 e. The van der Waals surface area contributed by atoms with Crippen LogP contribution in [0.5, 0.6) is 0 Å². The maximum atomic E-state index is 13.5. The van der Waals surface area contributed by atoms with Gasteiger partial charge < -0.3 is 10.3 Å². The predicted octanol–water partition coefficient (Wildman–Crippen LogP) is 3.01. The van der Waals surface area contributed by atoms with Gasteiger partial charge in [0.05, 0.1) is 6.04 Å². The molecule has 1 fully saturated rings. The number of tetrazole rings is 1. The number of benzene rings is 1. The van der Waals surface area contributed by atoms with E-state index in [2.05, 4.69) is 44.0 Å². The van der Waals surface area contributed by atoms with E-state index >= 15 is 0 Å². The summed E-state index contributed by atoms with van der Waals surface area (Å²) >= 11 is 0. The molecular weight excluding hydrogens is 340 g/mol. The number of amides is 1. The summed E-state index contributed by atoms with van der Waals surface area (Å²) in [6.45, 7) is 0. The Morgan fingerprint density at radius 1 is 1.19 bits per heavy atom. The van der Waals surface area contributed by atoms with Crippen molar-refractivity contribution in [2.24, 2.45) is 0 Å². The first-order valence-electron chi connectivity index (χ1n) is 9.92. The normalized spacial score (nSPS) is 21.7. The predicted molar refractivity (Wildman–Crippen MR) is 101 cm³/mol. The Bertz CT molecular complexity index is 954. The molecule has 7 heteroatoms. The quantitative estimate of drug-likeness (QED) is 0.748. The first kappa shape index (κ1) is 16.5. The minimum Gasteiger partial charge on any atom is -0.356 e. The Balaban J connectivity index is 1.47. The van der Waals surface area contributed by atoms with Crippen LogP contribution < -0.4 is 5.32 Å². The van der Waals surface area contributed by atoms with Crippen LogP contribution in [-0.4, -0.2) is 31.1 Å². The highest BCUT2D eigenvalue weighted by molar-refractivity contribution is 5.87. The average molecular weight is 364 g/mol. The van der Waals surface area contributed by atoms with Gasteiger partial charge in [-0.2, -0.15) is 0 Å². The topological polar surface area (TPSA) is 88.5 Å². The molecule has 2 N–H and O–H groups in total. The molecule has 2 heterocycles. The summed E-state index contributed by atoms with van der Waals surface area (Å²) in [5, 5.41) is 16.3. The van der Waals surface area contributed by atoms with E-state index in [1.807, 2.05) is 6.07 Å². The zero-order valence-electron chi connectivity index (χ0n) is 15.3. The smallest absolute Gasteiger partial charge is 0.248 e. The molecule has 3 aromatic rings. The van der Waals surface area contributed by atoms with Crippen LogP contribution in [0.1, 0.15) is 62.2 Å². The molecule has 27 heavy (non-hydrogen) atoms. The van der Waals surface area contributed by atoms with Gasteiger partial charge in [-0.25, -0.2) is 4.68 Å². The number of carbonyl (C=O) groups is 1. The summed E-state index contributed by atoms with van der Waals surface area (Å²) in [4.78, 5) is 17.0. The van der Waals surface area contributed by atoms with Crippen molar-refractivity contribution in [2.75, 3.05) is 0 Å². The van der Waals surface area contributed by atoms with Crippen molar-refractivity contribution in [1.29, 1.82) is 0 Å². The number of aromatic amines is 1. The summed E-state index contributed by atoms with van der Waals surface area (Å²) in [6, 6.07) is 8.42. The molecule has 1 aromatic carbocycles. The molecule has 7 nitrogen and oxygen atoms in total. The molecule has 0 bridgehead atoms. The molecule has 2 aromatic heterocycles. The lowest BCUT2D eigenvalue weighted by Crippen LogP contribution is -2.51. The molecule has 0 aliphatic heterocycles. The molecule has 1 amide bonds. The maximum absolute atomic E-state index is 13.5. The van der Waals surface area contributed by atoms with E-state index < -0.39 is 5.54 Å². The number of hydrogen-bond acceptors (Lipinski definition) is 4. The molecular formula is C20H24N6O. The standard InChI is InChI=1S/C20H24N6O/c27-19(20(11-4-1-5-12-20)26-13-21-24-25-26)23-17-10-6-8-15-14-7-2-3-9-16(14)22-18(15)17/h2-3,7,9,13,17,22H,1,4-6,8,10-12H2,(H,23,27)/t17-/m0/s1. The second-order valence-electron chi connectivity index (χ2n) is 7.83. The van der Waals surface area contributed by atoms with Crippen LogP contribution in [0, 0.1) is 0 Å². The molecule has 1 saturated carbocycles. The lowest BCUT2D eigenvalue weighted by Gasteiger charge is -2.37. The van der Waals surface area contributed by atoms with E-state index in [9.17, 15) is 4.79 Å². The van der Waals surface area contributed by atoms with E-state index in [4.69, 9.17) is 0 Å². The van der Waals surface area contributed by atoms with Crippen LogP contribution in [0.4, 0.5) is 0 Å². The Morgan fingerprint density at radius 2 is 2.04 bits per heavy atom. The lowest BCUT2D eigenvalue weighted by atomic mass is 9.80. The van der Waals surface area contributed by atoms with Crippen molar-refractivity contribution < 1.29 is 4.79 Å². The van der Waals surface area contributed by atoms with Crippen LogP contribution >= 0.6 is 0 Å². The molecule has 0 unspecified atom stereocenters. The van der Waals surface area contributed by atoms with E-state index in [0.29, 0.717) is 0 Å². The van der Waals surface area contributed by atoms with Gasteiger partial charge in [0.1, 0.15) is 11.9 Å². The highest BCUT2D eigenvalue weighted by Gasteiger charge is 2.43. The molecule has 0 saturated heterocycles. The SMILES string of the molecule is O=C(N[C@H]1CCCc2c1[nH]c1ccccc21)C1(n2cnnn2)CCCCC1. The van der Waals surface area contributed by atoms with Crippen LogP contribution in [0.15, 0.2) is 30.6 Å². The van der Waals surface area contributed by atoms with Gasteiger partial charge in [0, 0.05) is 16.6 Å². The molecule has 1 atom stereocenters. The second kappa shape index (κ2) is 6.48. The van der Waals surface area contributed by atoms with Crippen molar-refractivity contribution in [3.63, 3.8) is 0 Å². The van der Waals surface area contributed by atoms with E-state index in [0.717, 1.165) is 56.9 Å². The first-order chi connectivity index (χ1) is 13.3. The van der Waals surface area contributed by atoms with Gasteiger partial charge in [-0.05, 0) is 54.2 Å². The van der Waals surface area contributed by atoms with Gasteiger partial charge >= 0.3 is 0 Å². The van der Waals surface area contributed by atoms with Gasteiger partial charge in [0.25, 0.3) is 0 Å². The summed E-state index contributed by atoms with van der Waals surface area (Å²) < 4.78 is 1.68. The molecule has 0 radical (unpaired) electrons. The van der Waals surface area contributed by atoms with Crippen molar-refractivity contribution >= 4 is 16.8 Å². The Morgan fingerprint density at radius 3 is 2.85 bits per heavy atom. The zero-order valence-corrected chi connectivity index (χ0v) is 15.3. The van der Waals surface area contributed by atoms with Gasteiger partial charge in [0.15, 0.2) is 0 Å². The third-order valence-corrected chi connectivity index (χ3v) is 6.31. The zero-order chi connectivity index (χ0) is 18.3. The minimum absolute atomic E-state index is 0.0175. The van der Waals surface area contributed by atoms with Crippen molar-refractivity contribution in [2.45, 2.75) is 62.9 Å². The molecule has 140 valence electrons. The van der Waals surface area contributed by atoms with Gasteiger partial charge in [-0.15, -0.1) is 5.10 Å². The van der Waals surface area contributed by atoms with Gasteiger partial charge in [0.2, 0.25) is 5.91 Å². The fourth-order valence-electron chi connectivity index (χ4n) is 4.91. The monoisotopic (exact) mass is 364 g/mol. The first-order valence-corrected chi connectivity index (χ1v) is 9.92. The lowest BCUT2D eigenvalue weighted by molar-refractivity contribution is -0.133.